The molecule has 4 nitrogen and oxygen atoms in total. The lowest BCUT2D eigenvalue weighted by molar-refractivity contribution is 0.0998. The number of amidine groups is 1. The topological polar surface area (TPSA) is 41.9 Å². The quantitative estimate of drug-likeness (QED) is 0.567. The van der Waals surface area contributed by atoms with Gasteiger partial charge >= 0.3 is 0 Å². The van der Waals surface area contributed by atoms with Crippen molar-refractivity contribution in [2.24, 2.45) is 4.99 Å². The van der Waals surface area contributed by atoms with E-state index in [1.54, 1.807) is 17.8 Å². The van der Waals surface area contributed by atoms with Crippen LogP contribution in [0, 0.1) is 19.7 Å². The van der Waals surface area contributed by atoms with Gasteiger partial charge in [0.15, 0.2) is 11.0 Å². The molecule has 3 rings (SSSR count). The number of thioether (sulfide) groups is 1. The Morgan fingerprint density at radius 1 is 1.25 bits per heavy atom. The predicted octanol–water partition coefficient (Wildman–Crippen LogP) is 5.21. The molecule has 0 spiro atoms. The number of carbonyl (C=O) groups is 1. The van der Waals surface area contributed by atoms with E-state index in [2.05, 4.69) is 4.99 Å². The van der Waals surface area contributed by atoms with Crippen LogP contribution in [0.15, 0.2) is 41.4 Å². The van der Waals surface area contributed by atoms with Gasteiger partial charge in [0.1, 0.15) is 11.6 Å². The van der Waals surface area contributed by atoms with E-state index in [4.69, 9.17) is 4.74 Å². The lowest BCUT2D eigenvalue weighted by Crippen LogP contribution is -2.36. The van der Waals surface area contributed by atoms with E-state index in [0.717, 1.165) is 40.7 Å². The van der Waals surface area contributed by atoms with Crippen molar-refractivity contribution in [1.29, 1.82) is 0 Å². The Morgan fingerprint density at radius 3 is 2.68 bits per heavy atom. The van der Waals surface area contributed by atoms with Crippen molar-refractivity contribution in [3.63, 3.8) is 0 Å². The maximum absolute atomic E-state index is 14.4. The van der Waals surface area contributed by atoms with Gasteiger partial charge in [0.2, 0.25) is 0 Å². The third-order valence-corrected chi connectivity index (χ3v) is 5.55. The molecule has 0 radical (unpaired) electrons. The van der Waals surface area contributed by atoms with Crippen LogP contribution in [0.25, 0.3) is 0 Å². The monoisotopic (exact) mass is 466 g/mol. The minimum absolute atomic E-state index is 0. The highest BCUT2D eigenvalue weighted by atomic mass is 79.9. The Labute approximate surface area is 179 Å². The molecule has 0 saturated carbocycles. The van der Waals surface area contributed by atoms with Crippen molar-refractivity contribution >= 4 is 45.4 Å². The van der Waals surface area contributed by atoms with E-state index in [0.29, 0.717) is 5.75 Å². The van der Waals surface area contributed by atoms with Gasteiger partial charge in [-0.05, 0) is 49.6 Å². The first-order valence-electron chi connectivity index (χ1n) is 8.88. The zero-order chi connectivity index (χ0) is 19.4. The van der Waals surface area contributed by atoms with Crippen LogP contribution in [0.3, 0.4) is 0 Å². The Kier molecular flexibility index (Phi) is 8.07. The molecule has 0 bridgehead atoms. The van der Waals surface area contributed by atoms with E-state index >= 15 is 0 Å². The standard InChI is InChI=1S/C21H23FN2O2S.BrH/c1-14-5-6-15(2)19(11-14)24(21-23-9-4-10-27-21)13-20(25)17-8-7-16(26-3)12-18(17)22;/h5-8,11-12H,4,9-10,13H2,1-3H3;1H. The van der Waals surface area contributed by atoms with Gasteiger partial charge in [-0.1, -0.05) is 23.9 Å². The molecule has 0 N–H and O–H groups in total. The Balaban J connectivity index is 0.00000280. The van der Waals surface area contributed by atoms with E-state index in [1.165, 1.54) is 19.2 Å². The van der Waals surface area contributed by atoms with Crippen LogP contribution >= 0.6 is 28.7 Å². The highest BCUT2D eigenvalue weighted by Gasteiger charge is 2.23. The fraction of sp³-hybridized carbons (Fsp3) is 0.333. The van der Waals surface area contributed by atoms with Gasteiger partial charge in [0.25, 0.3) is 0 Å². The zero-order valence-electron chi connectivity index (χ0n) is 16.2. The van der Waals surface area contributed by atoms with Crippen LogP contribution in [0.2, 0.25) is 0 Å². The normalized spacial score (nSPS) is 13.4. The first-order chi connectivity index (χ1) is 13.0. The molecule has 0 amide bonds. The largest absolute Gasteiger partial charge is 0.497 e. The fourth-order valence-electron chi connectivity index (χ4n) is 2.96. The van der Waals surface area contributed by atoms with Crippen molar-refractivity contribution in [3.05, 3.63) is 58.9 Å². The zero-order valence-corrected chi connectivity index (χ0v) is 18.7. The van der Waals surface area contributed by atoms with Crippen LogP contribution in [-0.2, 0) is 0 Å². The van der Waals surface area contributed by atoms with Crippen molar-refractivity contribution in [3.8, 4) is 5.75 Å². The first kappa shape index (κ1) is 22.4. The van der Waals surface area contributed by atoms with Gasteiger partial charge in [-0.25, -0.2) is 4.39 Å². The second-order valence-corrected chi connectivity index (χ2v) is 7.57. The molecule has 2 aromatic carbocycles. The molecule has 1 heterocycles. The number of nitrogens with zero attached hydrogens (tertiary/aromatic N) is 2. The number of ether oxygens (including phenoxy) is 1. The summed E-state index contributed by atoms with van der Waals surface area (Å²) in [4.78, 5) is 19.4. The number of anilines is 1. The second kappa shape index (κ2) is 10.1. The maximum Gasteiger partial charge on any atom is 0.185 e. The van der Waals surface area contributed by atoms with Crippen LogP contribution in [0.5, 0.6) is 5.75 Å². The van der Waals surface area contributed by atoms with Crippen molar-refractivity contribution in [2.75, 3.05) is 30.9 Å². The number of halogens is 2. The summed E-state index contributed by atoms with van der Waals surface area (Å²) in [6.45, 7) is 4.81. The molecule has 0 fully saturated rings. The molecule has 0 unspecified atom stereocenters. The number of aryl methyl sites for hydroxylation is 2. The number of hydrogen-bond donors (Lipinski definition) is 0. The summed E-state index contributed by atoms with van der Waals surface area (Å²) in [6, 6.07) is 10.4. The molecule has 28 heavy (non-hydrogen) atoms. The Morgan fingerprint density at radius 2 is 2.04 bits per heavy atom. The molecule has 1 aliphatic heterocycles. The van der Waals surface area contributed by atoms with Crippen LogP contribution in [-0.4, -0.2) is 36.9 Å². The lowest BCUT2D eigenvalue weighted by Gasteiger charge is -2.28. The number of ketones is 1. The molecule has 7 heteroatoms. The summed E-state index contributed by atoms with van der Waals surface area (Å²) in [7, 11) is 1.47. The number of benzene rings is 2. The average molecular weight is 467 g/mol. The summed E-state index contributed by atoms with van der Waals surface area (Å²) in [6.07, 6.45) is 1.02. The van der Waals surface area contributed by atoms with Gasteiger partial charge in [-0.3, -0.25) is 9.79 Å². The Hall–Kier alpha value is -1.86. The van der Waals surface area contributed by atoms with Gasteiger partial charge in [0, 0.05) is 24.1 Å². The minimum atomic E-state index is -0.571. The molecular weight excluding hydrogens is 443 g/mol. The lowest BCUT2D eigenvalue weighted by atomic mass is 10.1. The number of carbonyl (C=O) groups excluding carboxylic acids is 1. The third-order valence-electron chi connectivity index (χ3n) is 4.45. The van der Waals surface area contributed by atoms with E-state index in [9.17, 15) is 9.18 Å². The number of methoxy groups -OCH3 is 1. The van der Waals surface area contributed by atoms with E-state index in [1.807, 2.05) is 36.9 Å². The SMILES string of the molecule is Br.COc1ccc(C(=O)CN(C2=NCCCS2)c2cc(C)ccc2C)c(F)c1. The van der Waals surface area contributed by atoms with Gasteiger partial charge < -0.3 is 9.64 Å². The molecule has 150 valence electrons. The molecular formula is C21H24BrFN2O2S. The van der Waals surface area contributed by atoms with Crippen LogP contribution < -0.4 is 9.64 Å². The van der Waals surface area contributed by atoms with Gasteiger partial charge in [-0.15, -0.1) is 17.0 Å². The average Bonchev–Trinajstić information content (AvgIpc) is 2.68. The summed E-state index contributed by atoms with van der Waals surface area (Å²) in [5, 5.41) is 0.817. The fourth-order valence-corrected chi connectivity index (χ4v) is 3.91. The molecule has 0 aromatic heterocycles. The summed E-state index contributed by atoms with van der Waals surface area (Å²) < 4.78 is 19.4. The highest BCUT2D eigenvalue weighted by Crippen LogP contribution is 2.28. The predicted molar refractivity (Wildman–Crippen MR) is 120 cm³/mol. The number of aliphatic imine (C=N–C) groups is 1. The van der Waals surface area contributed by atoms with Crippen molar-refractivity contribution in [2.45, 2.75) is 20.3 Å². The van der Waals surface area contributed by atoms with Crippen LogP contribution in [0.4, 0.5) is 10.1 Å². The number of Topliss-reactive ketones (excluding diaryl/α,β-unsaturated/α-hetero) is 1. The molecule has 2 aromatic rings. The smallest absolute Gasteiger partial charge is 0.185 e. The van der Waals surface area contributed by atoms with Gasteiger partial charge in [0.05, 0.1) is 19.2 Å². The Bertz CT molecular complexity index is 889. The van der Waals surface area contributed by atoms with Crippen LogP contribution in [0.1, 0.15) is 27.9 Å². The third kappa shape index (κ3) is 5.14. The minimum Gasteiger partial charge on any atom is -0.497 e. The van der Waals surface area contributed by atoms with E-state index in [-0.39, 0.29) is 34.9 Å². The van der Waals surface area contributed by atoms with Gasteiger partial charge in [-0.2, -0.15) is 0 Å². The second-order valence-electron chi connectivity index (χ2n) is 6.51. The number of rotatable bonds is 5. The summed E-state index contributed by atoms with van der Waals surface area (Å²) in [5.74, 6) is 0.497. The van der Waals surface area contributed by atoms with E-state index < -0.39 is 5.82 Å². The molecule has 0 atom stereocenters. The number of hydrogen-bond acceptors (Lipinski definition) is 5. The first-order valence-corrected chi connectivity index (χ1v) is 9.87. The molecule has 0 saturated heterocycles. The highest BCUT2D eigenvalue weighted by molar-refractivity contribution is 8.93. The van der Waals surface area contributed by atoms with Crippen molar-refractivity contribution < 1.29 is 13.9 Å². The van der Waals surface area contributed by atoms with Crippen molar-refractivity contribution in [1.82, 2.24) is 0 Å². The summed E-state index contributed by atoms with van der Waals surface area (Å²) >= 11 is 1.64. The molecule has 1 aliphatic rings. The molecule has 0 aliphatic carbocycles. The summed E-state index contributed by atoms with van der Waals surface area (Å²) in [5.41, 5.74) is 3.15. The maximum atomic E-state index is 14.4.